The summed E-state index contributed by atoms with van der Waals surface area (Å²) in [7, 11) is 0. The van der Waals surface area contributed by atoms with E-state index in [9.17, 15) is 14.7 Å². The first kappa shape index (κ1) is 13.8. The summed E-state index contributed by atoms with van der Waals surface area (Å²) in [6, 6.07) is 0. The highest BCUT2D eigenvalue weighted by Crippen LogP contribution is 2.16. The van der Waals surface area contributed by atoms with E-state index >= 15 is 0 Å². The molecule has 0 bridgehead atoms. The van der Waals surface area contributed by atoms with Crippen LogP contribution in [0.3, 0.4) is 0 Å². The number of rotatable bonds is 6. The molecule has 3 aromatic rings. The molecule has 0 aromatic carbocycles. The summed E-state index contributed by atoms with van der Waals surface area (Å²) in [5.41, 5.74) is 0. The highest BCUT2D eigenvalue weighted by molar-refractivity contribution is 5.42. The van der Waals surface area contributed by atoms with Crippen LogP contribution in [0.15, 0.2) is 15.5 Å². The Labute approximate surface area is 122 Å². The van der Waals surface area contributed by atoms with Crippen molar-refractivity contribution in [2.24, 2.45) is 15.5 Å². The average molecular weight is 318 g/mol. The van der Waals surface area contributed by atoms with Crippen LogP contribution in [0.4, 0.5) is 29.7 Å². The van der Waals surface area contributed by atoms with Gasteiger partial charge in [0, 0.05) is 15.5 Å². The summed E-state index contributed by atoms with van der Waals surface area (Å²) in [5, 5.41) is 33.8. The second-order valence-electron chi connectivity index (χ2n) is 3.53. The second kappa shape index (κ2) is 5.67. The highest BCUT2D eigenvalue weighted by Gasteiger charge is 2.16. The van der Waals surface area contributed by atoms with Crippen molar-refractivity contribution in [3.8, 4) is 5.95 Å². The Hall–Kier alpha value is -4.18. The van der Waals surface area contributed by atoms with Gasteiger partial charge >= 0.3 is 11.9 Å². The van der Waals surface area contributed by atoms with Crippen molar-refractivity contribution in [1.82, 2.24) is 50.3 Å². The Morgan fingerprint density at radius 3 is 2.26 bits per heavy atom. The number of hydrogen-bond acceptors (Lipinski definition) is 15. The fourth-order valence-electron chi connectivity index (χ4n) is 1.34. The van der Waals surface area contributed by atoms with E-state index in [0.29, 0.717) is 0 Å². The maximum Gasteiger partial charge on any atom is 0.311 e. The largest absolute Gasteiger partial charge is 0.311 e. The first-order chi connectivity index (χ1) is 11.2. The predicted molar refractivity (Wildman–Crippen MR) is 68.6 cm³/mol. The van der Waals surface area contributed by atoms with E-state index in [1.165, 1.54) is 0 Å². The van der Waals surface area contributed by atoms with Gasteiger partial charge in [-0.2, -0.15) is 14.6 Å². The van der Waals surface area contributed by atoms with Crippen molar-refractivity contribution in [1.29, 1.82) is 0 Å². The monoisotopic (exact) mass is 318 g/mol. The number of nitrogens with one attached hydrogen (secondary N) is 2. The first-order valence-corrected chi connectivity index (χ1v) is 5.48. The molecule has 23 heavy (non-hydrogen) atoms. The third-order valence-electron chi connectivity index (χ3n) is 2.19. The zero-order valence-electron chi connectivity index (χ0n) is 10.6. The van der Waals surface area contributed by atoms with E-state index in [2.05, 4.69) is 66.5 Å². The second-order valence-corrected chi connectivity index (χ2v) is 3.53. The number of anilines is 2. The van der Waals surface area contributed by atoms with Gasteiger partial charge in [0.15, 0.2) is 0 Å². The molecule has 17 nitrogen and oxygen atoms in total. The van der Waals surface area contributed by atoms with E-state index in [-0.39, 0.29) is 23.8 Å². The standard InChI is InChI=1S/C6H2N14O3/c21-17-3-8-1(10-13-3)7-2-11-14-6(15-12-2)20-5(19-23)9-4(16-20)18-22/h(H2,7,8,10,11,12,13). The molecule has 0 amide bonds. The Balaban J connectivity index is 1.84. The topological polar surface area (TPSA) is 224 Å². The van der Waals surface area contributed by atoms with Crippen molar-refractivity contribution in [3.05, 3.63) is 14.7 Å². The first-order valence-electron chi connectivity index (χ1n) is 5.48. The SMILES string of the molecule is O=Nc1n[nH]c(Nc2nnc(-n3nc(N=O)nc3N=O)nn2)n1. The molecule has 3 rings (SSSR count). The summed E-state index contributed by atoms with van der Waals surface area (Å²) in [5.74, 6) is -1.71. The van der Waals surface area contributed by atoms with Crippen LogP contribution in [0.2, 0.25) is 0 Å². The lowest BCUT2D eigenvalue weighted by molar-refractivity contribution is 0.733. The minimum Gasteiger partial charge on any atom is -0.290 e. The van der Waals surface area contributed by atoms with E-state index in [4.69, 9.17) is 0 Å². The van der Waals surface area contributed by atoms with Gasteiger partial charge in [0.25, 0.3) is 17.8 Å². The quantitative estimate of drug-likeness (QED) is 0.568. The summed E-state index contributed by atoms with van der Waals surface area (Å²) in [4.78, 5) is 38.2. The number of aromatic nitrogens is 10. The maximum atomic E-state index is 10.6. The molecular weight excluding hydrogens is 316 g/mol. The third-order valence-corrected chi connectivity index (χ3v) is 2.19. The average Bonchev–Trinajstić information content (AvgIpc) is 3.21. The molecule has 0 aliphatic heterocycles. The van der Waals surface area contributed by atoms with Crippen LogP contribution in [0.1, 0.15) is 0 Å². The molecule has 0 spiro atoms. The lowest BCUT2D eigenvalue weighted by Gasteiger charge is -1.99. The molecule has 3 aromatic heterocycles. The van der Waals surface area contributed by atoms with Gasteiger partial charge in [0.1, 0.15) is 0 Å². The molecule has 0 saturated heterocycles. The van der Waals surface area contributed by atoms with Crippen LogP contribution in [-0.2, 0) is 0 Å². The van der Waals surface area contributed by atoms with Gasteiger partial charge in [-0.25, -0.2) is 5.10 Å². The smallest absolute Gasteiger partial charge is 0.290 e. The summed E-state index contributed by atoms with van der Waals surface area (Å²) in [6.45, 7) is 0. The van der Waals surface area contributed by atoms with Gasteiger partial charge in [-0.1, -0.05) is 0 Å². The summed E-state index contributed by atoms with van der Waals surface area (Å²) >= 11 is 0. The Morgan fingerprint density at radius 2 is 1.65 bits per heavy atom. The molecule has 3 heterocycles. The molecule has 0 aliphatic carbocycles. The van der Waals surface area contributed by atoms with Crippen molar-refractivity contribution in [3.63, 3.8) is 0 Å². The Morgan fingerprint density at radius 1 is 0.913 bits per heavy atom. The zero-order valence-corrected chi connectivity index (χ0v) is 10.6. The predicted octanol–water partition coefficient (Wildman–Crippen LogP) is -0.0973. The van der Waals surface area contributed by atoms with E-state index in [1.54, 1.807) is 0 Å². The van der Waals surface area contributed by atoms with Gasteiger partial charge in [-0.05, 0) is 0 Å². The lowest BCUT2D eigenvalue weighted by atomic mass is 10.9. The van der Waals surface area contributed by atoms with Gasteiger partial charge < -0.3 is 0 Å². The maximum absolute atomic E-state index is 10.6. The van der Waals surface area contributed by atoms with E-state index in [0.717, 1.165) is 4.68 Å². The van der Waals surface area contributed by atoms with Crippen LogP contribution in [-0.4, -0.2) is 50.3 Å². The van der Waals surface area contributed by atoms with Gasteiger partial charge in [-0.15, -0.1) is 45.3 Å². The van der Waals surface area contributed by atoms with Gasteiger partial charge in [-0.3, -0.25) is 5.32 Å². The molecule has 2 N–H and O–H groups in total. The number of nitrogens with zero attached hydrogens (tertiary/aromatic N) is 12. The van der Waals surface area contributed by atoms with Crippen LogP contribution < -0.4 is 5.32 Å². The Bertz CT molecular complexity index is 865. The zero-order chi connectivity index (χ0) is 16.2. The number of hydrogen-bond donors (Lipinski definition) is 2. The minimum atomic E-state index is -0.527. The third kappa shape index (κ3) is 2.68. The number of H-pyrrole nitrogens is 1. The normalized spacial score (nSPS) is 10.3. The molecule has 114 valence electrons. The fraction of sp³-hybridized carbons (Fsp3) is 0. The molecule has 0 fully saturated rings. The van der Waals surface area contributed by atoms with Crippen molar-refractivity contribution >= 4 is 29.7 Å². The molecule has 0 unspecified atom stereocenters. The summed E-state index contributed by atoms with van der Waals surface area (Å²) < 4.78 is 0.733. The van der Waals surface area contributed by atoms with Gasteiger partial charge in [0.2, 0.25) is 5.95 Å². The molecule has 0 atom stereocenters. The van der Waals surface area contributed by atoms with Gasteiger partial charge in [0.05, 0.1) is 0 Å². The number of aromatic amines is 1. The van der Waals surface area contributed by atoms with Crippen molar-refractivity contribution in [2.75, 3.05) is 5.32 Å². The van der Waals surface area contributed by atoms with Crippen molar-refractivity contribution < 1.29 is 0 Å². The Kier molecular flexibility index (Phi) is 3.40. The lowest BCUT2D eigenvalue weighted by Crippen LogP contribution is -2.09. The van der Waals surface area contributed by atoms with Crippen molar-refractivity contribution in [2.45, 2.75) is 0 Å². The number of nitroso groups, excluding NO2 is 3. The van der Waals surface area contributed by atoms with E-state index in [1.807, 2.05) is 0 Å². The van der Waals surface area contributed by atoms with Crippen LogP contribution in [0, 0.1) is 14.7 Å². The fourth-order valence-corrected chi connectivity index (χ4v) is 1.34. The van der Waals surface area contributed by atoms with Crippen LogP contribution in [0.5, 0.6) is 0 Å². The molecule has 17 heteroatoms. The molecule has 0 saturated carbocycles. The minimum absolute atomic E-state index is 0.0272. The molecular formula is C6H2N14O3. The summed E-state index contributed by atoms with van der Waals surface area (Å²) in [6.07, 6.45) is 0. The highest BCUT2D eigenvalue weighted by atomic mass is 16.3. The molecule has 0 radical (unpaired) electrons. The van der Waals surface area contributed by atoms with E-state index < -0.39 is 11.9 Å². The van der Waals surface area contributed by atoms with Crippen LogP contribution in [0.25, 0.3) is 5.95 Å². The van der Waals surface area contributed by atoms with Crippen LogP contribution >= 0.6 is 0 Å². The molecule has 0 aliphatic rings.